The average molecular weight is 255 g/mol. The zero-order valence-corrected chi connectivity index (χ0v) is 8.94. The van der Waals surface area contributed by atoms with Crippen molar-refractivity contribution >= 4 is 23.3 Å². The summed E-state index contributed by atoms with van der Waals surface area (Å²) in [4.78, 5) is 34.2. The van der Waals surface area contributed by atoms with Crippen molar-refractivity contribution in [2.75, 3.05) is 11.4 Å². The van der Waals surface area contributed by atoms with Crippen LogP contribution in [-0.2, 0) is 9.59 Å². The number of nitrogens with zero attached hydrogens (tertiary/aromatic N) is 1. The van der Waals surface area contributed by atoms with Gasteiger partial charge in [-0.1, -0.05) is 0 Å². The zero-order valence-electron chi connectivity index (χ0n) is 8.94. The number of carboxylic acids is 1. The third kappa shape index (κ3) is 1.83. The van der Waals surface area contributed by atoms with Gasteiger partial charge in [0.1, 0.15) is 5.82 Å². The van der Waals surface area contributed by atoms with Crippen molar-refractivity contribution in [1.29, 1.82) is 0 Å². The van der Waals surface area contributed by atoms with Gasteiger partial charge >= 0.3 is 5.97 Å². The summed E-state index contributed by atoms with van der Waals surface area (Å²) in [6.45, 7) is -0.338. The first-order valence-corrected chi connectivity index (χ1v) is 4.99. The highest BCUT2D eigenvalue weighted by Crippen LogP contribution is 2.32. The molecule has 0 saturated carbocycles. The molecule has 1 N–H and O–H groups in total. The second kappa shape index (κ2) is 4.17. The summed E-state index contributed by atoms with van der Waals surface area (Å²) in [5.74, 6) is -5.29. The van der Waals surface area contributed by atoms with Crippen molar-refractivity contribution < 1.29 is 28.3 Å². The molecule has 7 heteroatoms. The smallest absolute Gasteiger partial charge is 0.305 e. The summed E-state index contributed by atoms with van der Waals surface area (Å²) in [6.07, 6.45) is -0.435. The van der Waals surface area contributed by atoms with Gasteiger partial charge in [0.05, 0.1) is 17.7 Å². The van der Waals surface area contributed by atoms with Gasteiger partial charge in [-0.15, -0.1) is 0 Å². The number of ketones is 1. The van der Waals surface area contributed by atoms with Crippen molar-refractivity contribution in [3.8, 4) is 0 Å². The number of amides is 1. The lowest BCUT2D eigenvalue weighted by molar-refractivity contribution is -0.136. The van der Waals surface area contributed by atoms with Gasteiger partial charge in [-0.2, -0.15) is 0 Å². The summed E-state index contributed by atoms with van der Waals surface area (Å²) in [6, 6.07) is 1.30. The van der Waals surface area contributed by atoms with E-state index in [2.05, 4.69) is 0 Å². The molecule has 0 aromatic heterocycles. The van der Waals surface area contributed by atoms with Crippen LogP contribution < -0.4 is 4.90 Å². The van der Waals surface area contributed by atoms with Gasteiger partial charge in [-0.25, -0.2) is 8.78 Å². The van der Waals surface area contributed by atoms with E-state index in [1.807, 2.05) is 0 Å². The Hall–Kier alpha value is -2.31. The first-order valence-electron chi connectivity index (χ1n) is 4.99. The summed E-state index contributed by atoms with van der Waals surface area (Å²) < 4.78 is 26.5. The van der Waals surface area contributed by atoms with Gasteiger partial charge in [-0.3, -0.25) is 14.4 Å². The normalized spacial score (nSPS) is 14.0. The second-order valence-electron chi connectivity index (χ2n) is 3.71. The minimum Gasteiger partial charge on any atom is -0.481 e. The predicted octanol–water partition coefficient (Wildman–Crippen LogP) is 0.969. The molecule has 1 aromatic carbocycles. The monoisotopic (exact) mass is 255 g/mol. The van der Waals surface area contributed by atoms with Crippen LogP contribution in [0.15, 0.2) is 12.1 Å². The predicted molar refractivity (Wildman–Crippen MR) is 55.3 cm³/mol. The number of carboxylic acid groups (broad SMARTS) is 1. The maximum Gasteiger partial charge on any atom is 0.305 e. The van der Waals surface area contributed by atoms with Crippen LogP contribution >= 0.6 is 0 Å². The summed E-state index contributed by atoms with van der Waals surface area (Å²) in [7, 11) is 0. The summed E-state index contributed by atoms with van der Waals surface area (Å²) in [5, 5.41) is 8.51. The van der Waals surface area contributed by atoms with Crippen LogP contribution in [0, 0.1) is 11.6 Å². The number of halogens is 2. The SMILES string of the molecule is O=C(O)CCN1C(=O)C(=O)c2cc(F)cc(F)c21. The lowest BCUT2D eigenvalue weighted by Crippen LogP contribution is -2.32. The van der Waals surface area contributed by atoms with Crippen LogP contribution in [0.1, 0.15) is 16.8 Å². The Labute approximate surface area is 99.6 Å². The van der Waals surface area contributed by atoms with Crippen molar-refractivity contribution in [2.45, 2.75) is 6.42 Å². The van der Waals surface area contributed by atoms with E-state index in [1.54, 1.807) is 0 Å². The minimum absolute atomic E-state index is 0.338. The minimum atomic E-state index is -1.19. The Morgan fingerprint density at radius 2 is 1.94 bits per heavy atom. The van der Waals surface area contributed by atoms with E-state index in [1.165, 1.54) is 0 Å². The van der Waals surface area contributed by atoms with Crippen molar-refractivity contribution in [2.24, 2.45) is 0 Å². The maximum atomic E-state index is 13.5. The van der Waals surface area contributed by atoms with Crippen LogP contribution in [0.2, 0.25) is 0 Å². The number of benzene rings is 1. The van der Waals surface area contributed by atoms with Gasteiger partial charge in [0.15, 0.2) is 5.82 Å². The molecule has 2 rings (SSSR count). The fourth-order valence-corrected chi connectivity index (χ4v) is 1.77. The molecule has 94 valence electrons. The molecule has 1 amide bonds. The highest BCUT2D eigenvalue weighted by molar-refractivity contribution is 6.52. The van der Waals surface area contributed by atoms with Crippen molar-refractivity contribution in [1.82, 2.24) is 0 Å². The number of Topliss-reactive ketones (excluding diaryl/α,β-unsaturated/α-hetero) is 1. The van der Waals surface area contributed by atoms with Gasteiger partial charge in [-0.05, 0) is 6.07 Å². The van der Waals surface area contributed by atoms with Gasteiger partial charge < -0.3 is 10.0 Å². The third-order valence-corrected chi connectivity index (χ3v) is 2.53. The number of anilines is 1. The molecule has 1 aliphatic rings. The fraction of sp³-hybridized carbons (Fsp3) is 0.182. The molecule has 0 radical (unpaired) electrons. The van der Waals surface area contributed by atoms with Crippen molar-refractivity contribution in [3.63, 3.8) is 0 Å². The molecule has 0 saturated heterocycles. The Morgan fingerprint density at radius 1 is 1.28 bits per heavy atom. The number of carbonyl (C=O) groups is 3. The summed E-state index contributed by atoms with van der Waals surface area (Å²) >= 11 is 0. The summed E-state index contributed by atoms with van der Waals surface area (Å²) in [5.41, 5.74) is -0.726. The van der Waals surface area contributed by atoms with Crippen LogP contribution in [0.3, 0.4) is 0 Å². The molecule has 0 unspecified atom stereocenters. The molecule has 1 aromatic rings. The first-order chi connectivity index (χ1) is 8.41. The Kier molecular flexibility index (Phi) is 2.82. The number of rotatable bonds is 3. The number of carbonyl (C=O) groups excluding carboxylic acids is 2. The van der Waals surface area contributed by atoms with Gasteiger partial charge in [0.25, 0.3) is 11.7 Å². The lowest BCUT2D eigenvalue weighted by Gasteiger charge is -2.15. The maximum absolute atomic E-state index is 13.5. The van der Waals surface area contributed by atoms with E-state index in [-0.39, 0.29) is 17.8 Å². The Bertz CT molecular complexity index is 570. The van der Waals surface area contributed by atoms with Crippen molar-refractivity contribution in [3.05, 3.63) is 29.3 Å². The molecule has 5 nitrogen and oxygen atoms in total. The number of aliphatic carboxylic acids is 1. The number of hydrogen-bond donors (Lipinski definition) is 1. The van der Waals surface area contributed by atoms with Crippen LogP contribution in [0.5, 0.6) is 0 Å². The van der Waals surface area contributed by atoms with E-state index < -0.39 is 35.7 Å². The average Bonchev–Trinajstić information content (AvgIpc) is 2.51. The first kappa shape index (κ1) is 12.2. The molecule has 0 spiro atoms. The highest BCUT2D eigenvalue weighted by atomic mass is 19.1. The zero-order chi connectivity index (χ0) is 13.4. The molecule has 0 atom stereocenters. The molecule has 0 bridgehead atoms. The van der Waals surface area contributed by atoms with E-state index in [0.717, 1.165) is 11.0 Å². The Balaban J connectivity index is 2.45. The number of hydrogen-bond acceptors (Lipinski definition) is 3. The Morgan fingerprint density at radius 3 is 2.56 bits per heavy atom. The second-order valence-corrected chi connectivity index (χ2v) is 3.71. The van der Waals surface area contributed by atoms with Crippen LogP contribution in [0.4, 0.5) is 14.5 Å². The van der Waals surface area contributed by atoms with Crippen LogP contribution in [-0.4, -0.2) is 29.3 Å². The highest BCUT2D eigenvalue weighted by Gasteiger charge is 2.38. The lowest BCUT2D eigenvalue weighted by atomic mass is 10.1. The molecule has 1 heterocycles. The van der Waals surface area contributed by atoms with Gasteiger partial charge in [0, 0.05) is 12.6 Å². The fourth-order valence-electron chi connectivity index (χ4n) is 1.77. The standard InChI is InChI=1S/C11H7F2NO4/c12-5-3-6-9(7(13)4-5)14(2-1-8(15)16)11(18)10(6)17/h3-4H,1-2H2,(H,15,16). The van der Waals surface area contributed by atoms with E-state index >= 15 is 0 Å². The van der Waals surface area contributed by atoms with Crippen LogP contribution in [0.25, 0.3) is 0 Å². The molecule has 0 fully saturated rings. The third-order valence-electron chi connectivity index (χ3n) is 2.53. The number of fused-ring (bicyclic) bond motifs is 1. The van der Waals surface area contributed by atoms with E-state index in [4.69, 9.17) is 5.11 Å². The van der Waals surface area contributed by atoms with Gasteiger partial charge in [0.2, 0.25) is 0 Å². The quantitative estimate of drug-likeness (QED) is 0.816. The molecular weight excluding hydrogens is 248 g/mol. The molecular formula is C11H7F2NO4. The molecule has 1 aliphatic heterocycles. The van der Waals surface area contributed by atoms with E-state index in [9.17, 15) is 23.2 Å². The topological polar surface area (TPSA) is 74.7 Å². The molecule has 18 heavy (non-hydrogen) atoms. The largest absolute Gasteiger partial charge is 0.481 e. The molecule has 0 aliphatic carbocycles. The van der Waals surface area contributed by atoms with E-state index in [0.29, 0.717) is 6.07 Å².